The number of furan rings is 1. The van der Waals surface area contributed by atoms with Crippen molar-refractivity contribution in [1.82, 2.24) is 4.57 Å². The van der Waals surface area contributed by atoms with Gasteiger partial charge in [-0.25, -0.2) is 9.79 Å². The Hall–Kier alpha value is -5.57. The van der Waals surface area contributed by atoms with Gasteiger partial charge in [0.25, 0.3) is 11.2 Å². The normalized spacial score (nSPS) is 14.5. The summed E-state index contributed by atoms with van der Waals surface area (Å²) in [6.45, 7) is 5.31. The highest BCUT2D eigenvalue weighted by Crippen LogP contribution is 2.37. The van der Waals surface area contributed by atoms with Crippen molar-refractivity contribution in [3.63, 3.8) is 0 Å². The van der Waals surface area contributed by atoms with Crippen LogP contribution in [-0.2, 0) is 16.1 Å². The van der Waals surface area contributed by atoms with Crippen molar-refractivity contribution >= 4 is 40.7 Å². The van der Waals surface area contributed by atoms with Crippen LogP contribution in [0, 0.1) is 20.2 Å². The number of allylic oxidation sites excluding steroid dienone is 1. The summed E-state index contributed by atoms with van der Waals surface area (Å²) in [5, 5.41) is 23.4. The van der Waals surface area contributed by atoms with Crippen LogP contribution in [-0.4, -0.2) is 33.6 Å². The lowest BCUT2D eigenvalue weighted by Crippen LogP contribution is -2.35. The van der Waals surface area contributed by atoms with E-state index >= 15 is 0 Å². The average Bonchev–Trinajstić information content (AvgIpc) is 3.62. The molecule has 0 radical (unpaired) electrons. The molecule has 0 saturated carbocycles. The third kappa shape index (κ3) is 6.24. The average molecular weight is 635 g/mol. The number of nitro groups is 2. The van der Waals surface area contributed by atoms with Crippen LogP contribution in [0.15, 0.2) is 74.4 Å². The van der Waals surface area contributed by atoms with E-state index in [0.717, 1.165) is 23.0 Å². The van der Waals surface area contributed by atoms with Gasteiger partial charge in [-0.15, -0.1) is 0 Å². The summed E-state index contributed by atoms with van der Waals surface area (Å²) < 4.78 is 23.4. The summed E-state index contributed by atoms with van der Waals surface area (Å²) >= 11 is 0.922. The molecule has 0 fully saturated rings. The molecule has 0 N–H and O–H groups in total. The van der Waals surface area contributed by atoms with Crippen molar-refractivity contribution in [3.05, 3.63) is 117 Å². The smallest absolute Gasteiger partial charge is 0.433 e. The van der Waals surface area contributed by atoms with E-state index < -0.39 is 33.3 Å². The maximum Gasteiger partial charge on any atom is 0.433 e. The number of fused-ring (bicyclic) bond motifs is 1. The van der Waals surface area contributed by atoms with E-state index in [1.165, 1.54) is 35.8 Å². The first-order chi connectivity index (χ1) is 21.6. The molecule has 1 atom stereocenters. The number of rotatable bonds is 11. The number of thiazole rings is 1. The minimum absolute atomic E-state index is 0.00446. The number of benzene rings is 2. The summed E-state index contributed by atoms with van der Waals surface area (Å²) in [7, 11) is 0. The molecule has 0 spiro atoms. The van der Waals surface area contributed by atoms with Crippen molar-refractivity contribution in [1.29, 1.82) is 0 Å². The first-order valence-corrected chi connectivity index (χ1v) is 14.5. The predicted octanol–water partition coefficient (Wildman–Crippen LogP) is 4.29. The second-order valence-corrected chi connectivity index (χ2v) is 10.5. The molecule has 2 aromatic heterocycles. The first kappa shape index (κ1) is 30.9. The SMILES string of the molecule is CCOC(=O)C1=C(C)n2c(s/c(=C\c3cc(OCC)c(OCc4ccccc4)cc3[N+](=O)[O-])c2=O)=N[C@@H]1c1ccc([N+](=O)[O-])o1. The number of nitro benzene ring substituents is 1. The molecular weight excluding hydrogens is 608 g/mol. The summed E-state index contributed by atoms with van der Waals surface area (Å²) in [6.07, 6.45) is 1.35. The van der Waals surface area contributed by atoms with Crippen LogP contribution in [0.25, 0.3) is 11.8 Å². The Kier molecular flexibility index (Phi) is 8.90. The molecule has 232 valence electrons. The van der Waals surface area contributed by atoms with Crippen LogP contribution in [0.3, 0.4) is 0 Å². The third-order valence-corrected chi connectivity index (χ3v) is 7.70. The van der Waals surface area contributed by atoms with Gasteiger partial charge in [0.05, 0.1) is 45.9 Å². The number of hydrogen-bond donors (Lipinski definition) is 0. The number of carbonyl (C=O) groups is 1. The quantitative estimate of drug-likeness (QED) is 0.131. The Labute approximate surface area is 258 Å². The standard InChI is InChI=1S/C30H26N4O10S/c1-4-41-22-13-19(20(33(37)38)15-23(22)43-16-18-9-7-6-8-10-18)14-24-28(35)32-17(3)26(29(36)42-5-2)27(31-30(32)45-24)21-11-12-25(44-21)34(39)40/h6-15,27H,4-5,16H2,1-3H3/b24-14-/t27-/m1/s1. The largest absolute Gasteiger partial charge is 0.490 e. The minimum atomic E-state index is -1.14. The number of nitrogens with zero attached hydrogens (tertiary/aromatic N) is 4. The molecule has 0 bridgehead atoms. The van der Waals surface area contributed by atoms with Gasteiger partial charge in [-0.2, -0.15) is 0 Å². The fourth-order valence-corrected chi connectivity index (χ4v) is 5.74. The Morgan fingerprint density at radius 2 is 1.78 bits per heavy atom. The zero-order valence-electron chi connectivity index (χ0n) is 24.3. The van der Waals surface area contributed by atoms with Gasteiger partial charge in [-0.1, -0.05) is 41.7 Å². The predicted molar refractivity (Wildman–Crippen MR) is 162 cm³/mol. The van der Waals surface area contributed by atoms with Gasteiger partial charge in [0, 0.05) is 5.70 Å². The van der Waals surface area contributed by atoms with E-state index in [-0.39, 0.29) is 68.9 Å². The summed E-state index contributed by atoms with van der Waals surface area (Å²) in [5.41, 5.74) is 0.166. The van der Waals surface area contributed by atoms with Crippen molar-refractivity contribution in [2.45, 2.75) is 33.4 Å². The number of aromatic nitrogens is 1. The van der Waals surface area contributed by atoms with Crippen LogP contribution >= 0.6 is 11.3 Å². The molecule has 1 aliphatic heterocycles. The molecule has 14 nitrogen and oxygen atoms in total. The van der Waals surface area contributed by atoms with E-state index in [2.05, 4.69) is 4.99 Å². The van der Waals surface area contributed by atoms with Crippen LogP contribution in [0.2, 0.25) is 0 Å². The van der Waals surface area contributed by atoms with Gasteiger partial charge in [0.2, 0.25) is 0 Å². The van der Waals surface area contributed by atoms with Gasteiger partial charge >= 0.3 is 11.9 Å². The zero-order valence-corrected chi connectivity index (χ0v) is 25.1. The molecule has 0 aliphatic carbocycles. The highest BCUT2D eigenvalue weighted by Gasteiger charge is 2.34. The van der Waals surface area contributed by atoms with E-state index in [4.69, 9.17) is 18.6 Å². The van der Waals surface area contributed by atoms with Gasteiger partial charge in [-0.05, 0) is 44.5 Å². The molecule has 0 amide bonds. The fraction of sp³-hybridized carbons (Fsp3) is 0.233. The van der Waals surface area contributed by atoms with E-state index in [0.29, 0.717) is 0 Å². The molecule has 4 aromatic rings. The van der Waals surface area contributed by atoms with Crippen LogP contribution in [0.1, 0.15) is 43.7 Å². The number of ether oxygens (including phenoxy) is 3. The first-order valence-electron chi connectivity index (χ1n) is 13.7. The molecule has 15 heteroatoms. The lowest BCUT2D eigenvalue weighted by atomic mass is 10.0. The molecule has 3 heterocycles. The van der Waals surface area contributed by atoms with Gasteiger partial charge in [0.1, 0.15) is 23.3 Å². The molecule has 5 rings (SSSR count). The molecule has 0 unspecified atom stereocenters. The van der Waals surface area contributed by atoms with Gasteiger partial charge < -0.3 is 18.6 Å². The monoisotopic (exact) mass is 634 g/mol. The van der Waals surface area contributed by atoms with E-state index in [9.17, 15) is 29.8 Å². The van der Waals surface area contributed by atoms with Crippen molar-refractivity contribution in [2.75, 3.05) is 13.2 Å². The van der Waals surface area contributed by atoms with Crippen LogP contribution < -0.4 is 24.4 Å². The molecule has 2 aromatic carbocycles. The molecule has 45 heavy (non-hydrogen) atoms. The van der Waals surface area contributed by atoms with E-state index in [1.54, 1.807) is 13.8 Å². The lowest BCUT2D eigenvalue weighted by molar-refractivity contribution is -0.402. The van der Waals surface area contributed by atoms with Crippen molar-refractivity contribution in [2.24, 2.45) is 4.99 Å². The summed E-state index contributed by atoms with van der Waals surface area (Å²) in [5.74, 6) is -0.908. The Morgan fingerprint density at radius 3 is 2.42 bits per heavy atom. The summed E-state index contributed by atoms with van der Waals surface area (Å²) in [6, 6.07) is 13.3. The third-order valence-electron chi connectivity index (χ3n) is 6.72. The Bertz CT molecular complexity index is 2010. The fourth-order valence-electron chi connectivity index (χ4n) is 4.71. The summed E-state index contributed by atoms with van der Waals surface area (Å²) in [4.78, 5) is 53.4. The molecular formula is C30H26N4O10S. The van der Waals surface area contributed by atoms with E-state index in [1.807, 2.05) is 30.3 Å². The van der Waals surface area contributed by atoms with Gasteiger partial charge in [-0.3, -0.25) is 29.6 Å². The van der Waals surface area contributed by atoms with Crippen molar-refractivity contribution in [3.8, 4) is 11.5 Å². The number of esters is 1. The molecule has 0 saturated heterocycles. The highest BCUT2D eigenvalue weighted by molar-refractivity contribution is 7.07. The highest BCUT2D eigenvalue weighted by atomic mass is 32.1. The maximum absolute atomic E-state index is 13.7. The topological polar surface area (TPSA) is 179 Å². The molecule has 1 aliphatic rings. The van der Waals surface area contributed by atoms with Crippen molar-refractivity contribution < 1.29 is 33.3 Å². The van der Waals surface area contributed by atoms with Gasteiger partial charge in [0.15, 0.2) is 16.3 Å². The zero-order chi connectivity index (χ0) is 32.2. The van der Waals surface area contributed by atoms with Crippen LogP contribution in [0.5, 0.6) is 11.5 Å². The Balaban J connectivity index is 1.65. The Morgan fingerprint density at radius 1 is 1.04 bits per heavy atom. The van der Waals surface area contributed by atoms with Crippen LogP contribution in [0.4, 0.5) is 11.6 Å². The minimum Gasteiger partial charge on any atom is -0.490 e. The maximum atomic E-state index is 13.7. The lowest BCUT2D eigenvalue weighted by Gasteiger charge is -2.20. The second-order valence-electron chi connectivity index (χ2n) is 9.54. The number of carbonyl (C=O) groups excluding carboxylic acids is 1. The number of hydrogen-bond acceptors (Lipinski definition) is 12. The second kappa shape index (κ2) is 13.0.